The molecular formula is C29H22F3NO6. The number of nitrogens with one attached hydrogen (secondary N) is 1. The summed E-state index contributed by atoms with van der Waals surface area (Å²) in [6, 6.07) is 22.5. The van der Waals surface area contributed by atoms with Gasteiger partial charge in [0.1, 0.15) is 29.9 Å². The van der Waals surface area contributed by atoms with Crippen molar-refractivity contribution in [2.45, 2.75) is 24.7 Å². The van der Waals surface area contributed by atoms with Crippen LogP contribution in [-0.2, 0) is 16.0 Å². The van der Waals surface area contributed by atoms with Crippen molar-refractivity contribution in [3.63, 3.8) is 0 Å². The van der Waals surface area contributed by atoms with E-state index in [0.29, 0.717) is 11.3 Å². The van der Waals surface area contributed by atoms with Gasteiger partial charge in [-0.25, -0.2) is 9.59 Å². The lowest BCUT2D eigenvalue weighted by Gasteiger charge is -2.17. The number of amides is 1. The van der Waals surface area contributed by atoms with Crippen molar-refractivity contribution in [3.05, 3.63) is 102 Å². The lowest BCUT2D eigenvalue weighted by molar-refractivity contribution is -0.274. The number of carboxylic acid groups (broad SMARTS) is 1. The van der Waals surface area contributed by atoms with E-state index in [4.69, 9.17) is 9.15 Å². The van der Waals surface area contributed by atoms with Gasteiger partial charge in [-0.3, -0.25) is 0 Å². The van der Waals surface area contributed by atoms with Crippen LogP contribution in [0.25, 0.3) is 22.5 Å². The van der Waals surface area contributed by atoms with Gasteiger partial charge in [-0.1, -0.05) is 48.5 Å². The van der Waals surface area contributed by atoms with Gasteiger partial charge in [0, 0.05) is 17.9 Å². The molecule has 10 heteroatoms. The summed E-state index contributed by atoms with van der Waals surface area (Å²) in [5.74, 6) is -1.26. The maximum atomic E-state index is 12.6. The number of carbonyl (C=O) groups is 2. The lowest BCUT2D eigenvalue weighted by atomic mass is 9.98. The zero-order valence-corrected chi connectivity index (χ0v) is 20.3. The first-order valence-corrected chi connectivity index (χ1v) is 12.0. The Hall–Kier alpha value is -4.73. The minimum Gasteiger partial charge on any atom is -0.480 e. The first kappa shape index (κ1) is 25.9. The van der Waals surface area contributed by atoms with Gasteiger partial charge in [-0.15, -0.1) is 13.2 Å². The number of alkyl halides is 3. The summed E-state index contributed by atoms with van der Waals surface area (Å²) in [5, 5.41) is 12.0. The monoisotopic (exact) mass is 537 g/mol. The van der Waals surface area contributed by atoms with Crippen LogP contribution in [0.15, 0.2) is 89.3 Å². The number of carbonyl (C=O) groups excluding carboxylic acids is 1. The molecule has 4 aromatic rings. The summed E-state index contributed by atoms with van der Waals surface area (Å²) in [6.45, 7) is 0.0329. The standard InChI is InChI=1S/C29H22F3NO6/c30-29(31,32)39-18-11-9-17(10-12-18)26-14-13-19(38-26)15-25(27(34)35)33-28(36)37-16-24-22-7-3-1-5-20(22)21-6-2-4-8-23(21)24/h1-14,24-25H,15-16H2,(H,33,36)(H,34,35). The van der Waals surface area contributed by atoms with Crippen molar-refractivity contribution < 1.29 is 41.8 Å². The van der Waals surface area contributed by atoms with Crippen molar-refractivity contribution in [2.75, 3.05) is 6.61 Å². The Balaban J connectivity index is 1.21. The molecule has 0 spiro atoms. The van der Waals surface area contributed by atoms with Gasteiger partial charge in [0.2, 0.25) is 0 Å². The third kappa shape index (κ3) is 5.90. The number of benzene rings is 3. The van der Waals surface area contributed by atoms with Crippen molar-refractivity contribution in [3.8, 4) is 28.2 Å². The van der Waals surface area contributed by atoms with E-state index in [2.05, 4.69) is 10.1 Å². The molecule has 39 heavy (non-hydrogen) atoms. The van der Waals surface area contributed by atoms with Crippen molar-refractivity contribution in [2.24, 2.45) is 0 Å². The van der Waals surface area contributed by atoms with Crippen molar-refractivity contribution in [1.82, 2.24) is 5.32 Å². The average molecular weight is 537 g/mol. The second kappa shape index (κ2) is 10.6. The topological polar surface area (TPSA) is 98.0 Å². The minimum absolute atomic E-state index is 0.0329. The van der Waals surface area contributed by atoms with E-state index in [0.717, 1.165) is 34.4 Å². The van der Waals surface area contributed by atoms with Crippen LogP contribution in [0.5, 0.6) is 5.75 Å². The van der Waals surface area contributed by atoms with E-state index in [-0.39, 0.29) is 30.5 Å². The summed E-state index contributed by atoms with van der Waals surface area (Å²) in [5.41, 5.74) is 4.67. The number of alkyl carbamates (subject to hydrolysis) is 1. The second-order valence-electron chi connectivity index (χ2n) is 8.90. The fourth-order valence-electron chi connectivity index (χ4n) is 4.65. The van der Waals surface area contributed by atoms with Crippen LogP contribution in [0.3, 0.4) is 0 Å². The predicted molar refractivity (Wildman–Crippen MR) is 134 cm³/mol. The summed E-state index contributed by atoms with van der Waals surface area (Å²) in [6.07, 6.45) is -5.85. The summed E-state index contributed by atoms with van der Waals surface area (Å²) < 4.78 is 52.1. The highest BCUT2D eigenvalue weighted by atomic mass is 19.4. The van der Waals surface area contributed by atoms with Crippen LogP contribution in [0.2, 0.25) is 0 Å². The van der Waals surface area contributed by atoms with Gasteiger partial charge >= 0.3 is 18.4 Å². The molecule has 1 heterocycles. The first-order chi connectivity index (χ1) is 18.7. The van der Waals surface area contributed by atoms with Gasteiger partial charge in [0.15, 0.2) is 0 Å². The number of rotatable bonds is 8. The Morgan fingerprint density at radius 3 is 2.10 bits per heavy atom. The molecule has 7 nitrogen and oxygen atoms in total. The Bertz CT molecular complexity index is 1450. The third-order valence-corrected chi connectivity index (χ3v) is 6.37. The van der Waals surface area contributed by atoms with Crippen LogP contribution in [0.4, 0.5) is 18.0 Å². The molecular weight excluding hydrogens is 515 g/mol. The maximum absolute atomic E-state index is 12.6. The highest BCUT2D eigenvalue weighted by Crippen LogP contribution is 2.44. The Morgan fingerprint density at radius 1 is 0.897 bits per heavy atom. The Morgan fingerprint density at radius 2 is 1.51 bits per heavy atom. The SMILES string of the molecule is O=C(NC(Cc1ccc(-c2ccc(OC(F)(F)F)cc2)o1)C(=O)O)OCC1c2ccccc2-c2ccccc21. The minimum atomic E-state index is -4.80. The molecule has 1 aliphatic carbocycles. The van der Waals surface area contributed by atoms with Crippen molar-refractivity contribution in [1.29, 1.82) is 0 Å². The number of halogens is 3. The molecule has 0 aliphatic heterocycles. The third-order valence-electron chi connectivity index (χ3n) is 6.37. The van der Waals surface area contributed by atoms with E-state index in [9.17, 15) is 27.9 Å². The fraction of sp³-hybridized carbons (Fsp3) is 0.172. The van der Waals surface area contributed by atoms with Gasteiger partial charge in [0.05, 0.1) is 0 Å². The quantitative estimate of drug-likeness (QED) is 0.271. The van der Waals surface area contributed by atoms with Crippen LogP contribution >= 0.6 is 0 Å². The molecule has 0 saturated carbocycles. The number of carboxylic acids is 1. The maximum Gasteiger partial charge on any atom is 0.573 e. The largest absolute Gasteiger partial charge is 0.573 e. The summed E-state index contributed by atoms with van der Waals surface area (Å²) in [4.78, 5) is 24.4. The average Bonchev–Trinajstić information content (AvgIpc) is 3.49. The molecule has 0 fully saturated rings. The van der Waals surface area contributed by atoms with Crippen LogP contribution in [-0.4, -0.2) is 36.2 Å². The Labute approximate surface area is 220 Å². The van der Waals surface area contributed by atoms with Crippen LogP contribution < -0.4 is 10.1 Å². The van der Waals surface area contributed by atoms with Gasteiger partial charge in [-0.2, -0.15) is 0 Å². The number of hydrogen-bond donors (Lipinski definition) is 2. The number of furan rings is 1. The van der Waals surface area contributed by atoms with Gasteiger partial charge < -0.3 is 24.3 Å². The zero-order chi connectivity index (χ0) is 27.6. The zero-order valence-electron chi connectivity index (χ0n) is 20.3. The molecule has 5 rings (SSSR count). The number of ether oxygens (including phenoxy) is 2. The molecule has 2 N–H and O–H groups in total. The molecule has 200 valence electrons. The fourth-order valence-corrected chi connectivity index (χ4v) is 4.65. The van der Waals surface area contributed by atoms with Crippen LogP contribution in [0, 0.1) is 0 Å². The first-order valence-electron chi connectivity index (χ1n) is 12.0. The number of aliphatic carboxylic acids is 1. The molecule has 3 aromatic carbocycles. The summed E-state index contributed by atoms with van der Waals surface area (Å²) in [7, 11) is 0. The van der Waals surface area contributed by atoms with E-state index in [1.807, 2.05) is 48.5 Å². The molecule has 1 atom stereocenters. The van der Waals surface area contributed by atoms with Gasteiger partial charge in [-0.05, 0) is 58.7 Å². The molecule has 1 unspecified atom stereocenters. The van der Waals surface area contributed by atoms with Gasteiger partial charge in [0.25, 0.3) is 0 Å². The highest BCUT2D eigenvalue weighted by molar-refractivity contribution is 5.81. The molecule has 1 aliphatic rings. The normalized spacial score (nSPS) is 13.3. The summed E-state index contributed by atoms with van der Waals surface area (Å²) >= 11 is 0. The second-order valence-corrected chi connectivity index (χ2v) is 8.90. The number of fused-ring (bicyclic) bond motifs is 3. The molecule has 1 amide bonds. The number of hydrogen-bond acceptors (Lipinski definition) is 5. The Kier molecular flexibility index (Phi) is 7.02. The van der Waals surface area contributed by atoms with Crippen molar-refractivity contribution >= 4 is 12.1 Å². The van der Waals surface area contributed by atoms with E-state index < -0.39 is 24.5 Å². The molecule has 0 bridgehead atoms. The molecule has 1 aromatic heterocycles. The molecule has 0 radical (unpaired) electrons. The van der Waals surface area contributed by atoms with Crippen LogP contribution in [0.1, 0.15) is 22.8 Å². The smallest absolute Gasteiger partial charge is 0.480 e. The molecule has 0 saturated heterocycles. The highest BCUT2D eigenvalue weighted by Gasteiger charge is 2.31. The predicted octanol–water partition coefficient (Wildman–Crippen LogP) is 6.38. The lowest BCUT2D eigenvalue weighted by Crippen LogP contribution is -2.42. The van der Waals surface area contributed by atoms with E-state index in [1.54, 1.807) is 6.07 Å². The van der Waals surface area contributed by atoms with E-state index in [1.165, 1.54) is 18.2 Å². The van der Waals surface area contributed by atoms with E-state index >= 15 is 0 Å².